The fourth-order valence-electron chi connectivity index (χ4n) is 1.55. The molecular formula is C10H20N2. The maximum absolute atomic E-state index is 3.19. The van der Waals surface area contributed by atoms with Gasteiger partial charge in [0, 0.05) is 13.1 Å². The van der Waals surface area contributed by atoms with Gasteiger partial charge in [0.25, 0.3) is 0 Å². The molecule has 1 N–H and O–H groups in total. The van der Waals surface area contributed by atoms with Gasteiger partial charge in [-0.1, -0.05) is 18.6 Å². The maximum atomic E-state index is 3.19. The summed E-state index contributed by atoms with van der Waals surface area (Å²) in [7, 11) is 2.02. The maximum Gasteiger partial charge on any atom is 0.0165 e. The Morgan fingerprint density at radius 2 is 2.42 bits per heavy atom. The molecule has 0 bridgehead atoms. The third kappa shape index (κ3) is 2.95. The average molecular weight is 168 g/mol. The van der Waals surface area contributed by atoms with E-state index in [1.165, 1.54) is 25.9 Å². The molecule has 0 radical (unpaired) electrons. The van der Waals surface area contributed by atoms with Crippen LogP contribution in [0, 0.1) is 0 Å². The van der Waals surface area contributed by atoms with Gasteiger partial charge >= 0.3 is 0 Å². The van der Waals surface area contributed by atoms with Crippen LogP contribution in [0.15, 0.2) is 11.6 Å². The van der Waals surface area contributed by atoms with Crippen molar-refractivity contribution in [3.63, 3.8) is 0 Å². The number of hydrogen-bond donors (Lipinski definition) is 1. The zero-order valence-corrected chi connectivity index (χ0v) is 8.27. The summed E-state index contributed by atoms with van der Waals surface area (Å²) in [5.41, 5.74) is 1.63. The molecule has 0 aromatic heterocycles. The molecule has 0 aliphatic carbocycles. The summed E-state index contributed by atoms with van der Waals surface area (Å²) in [5, 5.41) is 3.19. The van der Waals surface area contributed by atoms with Crippen LogP contribution in [-0.2, 0) is 0 Å². The van der Waals surface area contributed by atoms with E-state index in [2.05, 4.69) is 23.2 Å². The molecule has 2 nitrogen and oxygen atoms in total. The Labute approximate surface area is 75.6 Å². The van der Waals surface area contributed by atoms with E-state index in [9.17, 15) is 0 Å². The summed E-state index contributed by atoms with van der Waals surface area (Å²) in [4.78, 5) is 2.48. The highest BCUT2D eigenvalue weighted by atomic mass is 15.1. The number of nitrogens with one attached hydrogen (secondary N) is 1. The minimum absolute atomic E-state index is 1.12. The Kier molecular flexibility index (Phi) is 4.33. The normalized spacial score (nSPS) is 19.3. The smallest absolute Gasteiger partial charge is 0.0165 e. The minimum atomic E-state index is 1.12. The van der Waals surface area contributed by atoms with Crippen molar-refractivity contribution in [3.05, 3.63) is 11.6 Å². The van der Waals surface area contributed by atoms with Crippen LogP contribution >= 0.6 is 0 Å². The number of hydrogen-bond acceptors (Lipinski definition) is 2. The number of nitrogens with zero attached hydrogens (tertiary/aromatic N) is 1. The molecule has 0 atom stereocenters. The predicted octanol–water partition coefficient (Wildman–Crippen LogP) is 1.25. The Morgan fingerprint density at radius 3 is 2.92 bits per heavy atom. The molecule has 12 heavy (non-hydrogen) atoms. The largest absolute Gasteiger partial charge is 0.319 e. The molecule has 2 heteroatoms. The molecule has 0 aromatic carbocycles. The van der Waals surface area contributed by atoms with E-state index >= 15 is 0 Å². The summed E-state index contributed by atoms with van der Waals surface area (Å²) in [6.45, 7) is 6.96. The van der Waals surface area contributed by atoms with Gasteiger partial charge in [-0.25, -0.2) is 0 Å². The van der Waals surface area contributed by atoms with Crippen LogP contribution in [0.1, 0.15) is 19.8 Å². The molecule has 0 saturated heterocycles. The molecule has 70 valence electrons. The van der Waals surface area contributed by atoms with Crippen molar-refractivity contribution in [1.82, 2.24) is 10.2 Å². The van der Waals surface area contributed by atoms with Gasteiger partial charge in [0.05, 0.1) is 0 Å². The first-order chi connectivity index (χ1) is 5.86. The van der Waals surface area contributed by atoms with Gasteiger partial charge in [-0.3, -0.25) is 4.90 Å². The first-order valence-electron chi connectivity index (χ1n) is 4.91. The molecule has 0 aromatic rings. The van der Waals surface area contributed by atoms with Crippen LogP contribution in [-0.4, -0.2) is 38.1 Å². The standard InChI is InChI=1S/C10H20N2/c1-3-12-8-5-10(6-9-12)4-7-11-2/h5,11H,3-4,6-9H2,1-2H3. The van der Waals surface area contributed by atoms with Crippen molar-refractivity contribution in [2.75, 3.05) is 33.2 Å². The van der Waals surface area contributed by atoms with Crippen molar-refractivity contribution < 1.29 is 0 Å². The van der Waals surface area contributed by atoms with Crippen molar-refractivity contribution in [3.8, 4) is 0 Å². The molecule has 0 fully saturated rings. The Bertz CT molecular complexity index is 152. The second kappa shape index (κ2) is 5.33. The zero-order valence-electron chi connectivity index (χ0n) is 8.27. The molecule has 0 unspecified atom stereocenters. The van der Waals surface area contributed by atoms with Crippen molar-refractivity contribution >= 4 is 0 Å². The fourth-order valence-corrected chi connectivity index (χ4v) is 1.55. The topological polar surface area (TPSA) is 15.3 Å². The lowest BCUT2D eigenvalue weighted by molar-refractivity contribution is 0.308. The van der Waals surface area contributed by atoms with Gasteiger partial charge in [0.1, 0.15) is 0 Å². The molecule has 1 aliphatic heterocycles. The summed E-state index contributed by atoms with van der Waals surface area (Å²) in [6, 6.07) is 0. The highest BCUT2D eigenvalue weighted by Crippen LogP contribution is 2.12. The van der Waals surface area contributed by atoms with Crippen LogP contribution < -0.4 is 5.32 Å². The summed E-state index contributed by atoms with van der Waals surface area (Å²) in [6.07, 6.45) is 4.90. The first kappa shape index (κ1) is 9.75. The lowest BCUT2D eigenvalue weighted by Gasteiger charge is -2.24. The van der Waals surface area contributed by atoms with Crippen LogP contribution in [0.2, 0.25) is 0 Å². The van der Waals surface area contributed by atoms with E-state index in [-0.39, 0.29) is 0 Å². The molecule has 0 amide bonds. The van der Waals surface area contributed by atoms with Crippen molar-refractivity contribution in [1.29, 1.82) is 0 Å². The van der Waals surface area contributed by atoms with Gasteiger partial charge in [-0.2, -0.15) is 0 Å². The lowest BCUT2D eigenvalue weighted by Crippen LogP contribution is -2.28. The van der Waals surface area contributed by atoms with Crippen LogP contribution in [0.25, 0.3) is 0 Å². The van der Waals surface area contributed by atoms with Crippen LogP contribution in [0.3, 0.4) is 0 Å². The highest BCUT2D eigenvalue weighted by molar-refractivity contribution is 5.07. The molecule has 1 heterocycles. The third-order valence-corrected chi connectivity index (χ3v) is 2.53. The Balaban J connectivity index is 2.24. The van der Waals surface area contributed by atoms with E-state index in [4.69, 9.17) is 0 Å². The fraction of sp³-hybridized carbons (Fsp3) is 0.800. The predicted molar refractivity (Wildman–Crippen MR) is 53.4 cm³/mol. The quantitative estimate of drug-likeness (QED) is 0.636. The number of rotatable bonds is 4. The SMILES string of the molecule is CCN1CC=C(CCNC)CC1. The van der Waals surface area contributed by atoms with Gasteiger partial charge in [-0.15, -0.1) is 0 Å². The highest BCUT2D eigenvalue weighted by Gasteiger charge is 2.08. The second-order valence-electron chi connectivity index (χ2n) is 3.36. The summed E-state index contributed by atoms with van der Waals surface area (Å²) >= 11 is 0. The van der Waals surface area contributed by atoms with Crippen molar-refractivity contribution in [2.24, 2.45) is 0 Å². The molecule has 1 rings (SSSR count). The van der Waals surface area contributed by atoms with Gasteiger partial charge in [-0.05, 0) is 33.0 Å². The first-order valence-corrected chi connectivity index (χ1v) is 4.91. The van der Waals surface area contributed by atoms with Crippen LogP contribution in [0.4, 0.5) is 0 Å². The van der Waals surface area contributed by atoms with E-state index < -0.39 is 0 Å². The molecule has 1 aliphatic rings. The molecule has 0 spiro atoms. The second-order valence-corrected chi connectivity index (χ2v) is 3.36. The summed E-state index contributed by atoms with van der Waals surface area (Å²) < 4.78 is 0. The van der Waals surface area contributed by atoms with Crippen molar-refractivity contribution in [2.45, 2.75) is 19.8 Å². The third-order valence-electron chi connectivity index (χ3n) is 2.53. The number of likely N-dealkylation sites (N-methyl/N-ethyl adjacent to an activating group) is 1. The monoisotopic (exact) mass is 168 g/mol. The van der Waals surface area contributed by atoms with Gasteiger partial charge in [0.15, 0.2) is 0 Å². The van der Waals surface area contributed by atoms with Gasteiger partial charge < -0.3 is 5.32 Å². The lowest BCUT2D eigenvalue weighted by atomic mass is 10.1. The molecular weight excluding hydrogens is 148 g/mol. The zero-order chi connectivity index (χ0) is 8.81. The Hall–Kier alpha value is -0.340. The van der Waals surface area contributed by atoms with E-state index in [0.29, 0.717) is 0 Å². The van der Waals surface area contributed by atoms with E-state index in [1.807, 2.05) is 7.05 Å². The van der Waals surface area contributed by atoms with Gasteiger partial charge in [0.2, 0.25) is 0 Å². The minimum Gasteiger partial charge on any atom is -0.319 e. The Morgan fingerprint density at radius 1 is 1.58 bits per heavy atom. The molecule has 0 saturated carbocycles. The van der Waals surface area contributed by atoms with E-state index in [0.717, 1.165) is 13.1 Å². The van der Waals surface area contributed by atoms with E-state index in [1.54, 1.807) is 5.57 Å². The average Bonchev–Trinajstić information content (AvgIpc) is 2.15. The van der Waals surface area contributed by atoms with Crippen LogP contribution in [0.5, 0.6) is 0 Å². The summed E-state index contributed by atoms with van der Waals surface area (Å²) in [5.74, 6) is 0.